The van der Waals surface area contributed by atoms with Crippen molar-refractivity contribution in [3.8, 4) is 0 Å². The van der Waals surface area contributed by atoms with E-state index in [1.807, 2.05) is 0 Å². The Bertz CT molecular complexity index is 94.9. The Kier molecular flexibility index (Phi) is 2.76. The van der Waals surface area contributed by atoms with Gasteiger partial charge in [-0.15, -0.1) is 0 Å². The molecule has 1 aliphatic rings. The molecule has 9 heavy (non-hydrogen) atoms. The Hall–Kier alpha value is 0.690. The van der Waals surface area contributed by atoms with E-state index in [9.17, 15) is 5.11 Å². The summed E-state index contributed by atoms with van der Waals surface area (Å²) in [5.74, 6) is 0.528. The number of hydrogen-bond acceptors (Lipinski definition) is 1. The van der Waals surface area contributed by atoms with E-state index >= 15 is 0 Å². The van der Waals surface area contributed by atoms with Crippen molar-refractivity contribution >= 4 is 22.6 Å². The van der Waals surface area contributed by atoms with E-state index < -0.39 is 0 Å². The van der Waals surface area contributed by atoms with Crippen LogP contribution in [0.3, 0.4) is 0 Å². The minimum Gasteiger partial charge on any atom is -0.393 e. The van der Waals surface area contributed by atoms with Crippen molar-refractivity contribution in [2.75, 3.05) is 0 Å². The topological polar surface area (TPSA) is 20.2 Å². The molecular weight excluding hydrogens is 227 g/mol. The first-order valence-corrected chi connectivity index (χ1v) is 4.77. The molecule has 0 bridgehead atoms. The molecule has 1 nitrogen and oxygen atoms in total. The van der Waals surface area contributed by atoms with Gasteiger partial charge in [0.1, 0.15) is 0 Å². The molecule has 0 amide bonds. The molecule has 0 heterocycles. The SMILES string of the molecule is CC1CC(I)CCC1O. The molecule has 0 aromatic heterocycles. The highest BCUT2D eigenvalue weighted by atomic mass is 127. The van der Waals surface area contributed by atoms with E-state index in [1.54, 1.807) is 0 Å². The molecule has 0 aliphatic heterocycles. The van der Waals surface area contributed by atoms with Crippen molar-refractivity contribution in [2.45, 2.75) is 36.2 Å². The number of aliphatic hydroxyl groups excluding tert-OH is 1. The largest absolute Gasteiger partial charge is 0.393 e. The van der Waals surface area contributed by atoms with Gasteiger partial charge in [0.05, 0.1) is 6.10 Å². The third kappa shape index (κ3) is 2.08. The van der Waals surface area contributed by atoms with Gasteiger partial charge in [-0.05, 0) is 25.2 Å². The molecule has 0 radical (unpaired) electrons. The van der Waals surface area contributed by atoms with Crippen LogP contribution < -0.4 is 0 Å². The molecule has 0 spiro atoms. The smallest absolute Gasteiger partial charge is 0.0566 e. The van der Waals surface area contributed by atoms with E-state index in [1.165, 1.54) is 12.8 Å². The fraction of sp³-hybridized carbons (Fsp3) is 1.00. The van der Waals surface area contributed by atoms with Gasteiger partial charge in [-0.2, -0.15) is 0 Å². The first-order valence-electron chi connectivity index (χ1n) is 3.52. The van der Waals surface area contributed by atoms with Crippen LogP contribution in [0.25, 0.3) is 0 Å². The van der Waals surface area contributed by atoms with Crippen molar-refractivity contribution in [3.05, 3.63) is 0 Å². The molecule has 0 aromatic rings. The van der Waals surface area contributed by atoms with Crippen LogP contribution in [0.5, 0.6) is 0 Å². The maximum absolute atomic E-state index is 9.29. The number of rotatable bonds is 0. The van der Waals surface area contributed by atoms with Gasteiger partial charge in [0.25, 0.3) is 0 Å². The van der Waals surface area contributed by atoms with Crippen LogP contribution in [0.2, 0.25) is 0 Å². The fourth-order valence-electron chi connectivity index (χ4n) is 1.31. The van der Waals surface area contributed by atoms with Gasteiger partial charge in [0.15, 0.2) is 0 Å². The summed E-state index contributed by atoms with van der Waals surface area (Å²) in [6, 6.07) is 0. The number of halogens is 1. The van der Waals surface area contributed by atoms with Crippen molar-refractivity contribution in [1.29, 1.82) is 0 Å². The van der Waals surface area contributed by atoms with Crippen molar-refractivity contribution < 1.29 is 5.11 Å². The van der Waals surface area contributed by atoms with Crippen LogP contribution in [0.1, 0.15) is 26.2 Å². The van der Waals surface area contributed by atoms with Crippen LogP contribution in [0, 0.1) is 5.92 Å². The minimum absolute atomic E-state index is 0.0176. The Morgan fingerprint density at radius 1 is 1.44 bits per heavy atom. The molecule has 1 rings (SSSR count). The van der Waals surface area contributed by atoms with Crippen LogP contribution in [-0.4, -0.2) is 15.1 Å². The lowest BCUT2D eigenvalue weighted by molar-refractivity contribution is 0.0831. The van der Waals surface area contributed by atoms with Gasteiger partial charge in [0, 0.05) is 3.92 Å². The summed E-state index contributed by atoms with van der Waals surface area (Å²) in [5, 5.41) is 9.29. The first-order chi connectivity index (χ1) is 4.20. The van der Waals surface area contributed by atoms with Gasteiger partial charge in [-0.1, -0.05) is 29.5 Å². The Balaban J connectivity index is 2.35. The molecule has 2 heteroatoms. The molecular formula is C7H13IO. The lowest BCUT2D eigenvalue weighted by Crippen LogP contribution is -2.26. The van der Waals surface area contributed by atoms with Gasteiger partial charge in [-0.25, -0.2) is 0 Å². The maximum Gasteiger partial charge on any atom is 0.0566 e. The number of alkyl halides is 1. The molecule has 1 saturated carbocycles. The molecule has 54 valence electrons. The maximum atomic E-state index is 9.29. The molecule has 1 N–H and O–H groups in total. The summed E-state index contributed by atoms with van der Waals surface area (Å²) in [5.41, 5.74) is 0. The number of hydrogen-bond donors (Lipinski definition) is 1. The summed E-state index contributed by atoms with van der Waals surface area (Å²) in [7, 11) is 0. The predicted molar refractivity (Wildman–Crippen MR) is 46.8 cm³/mol. The van der Waals surface area contributed by atoms with Crippen LogP contribution in [0.4, 0.5) is 0 Å². The molecule has 1 aliphatic carbocycles. The average molecular weight is 240 g/mol. The quantitative estimate of drug-likeness (QED) is 0.507. The Labute approximate surface area is 70.0 Å². The molecule has 1 fully saturated rings. The van der Waals surface area contributed by atoms with E-state index in [-0.39, 0.29) is 6.10 Å². The van der Waals surface area contributed by atoms with E-state index in [4.69, 9.17) is 0 Å². The van der Waals surface area contributed by atoms with E-state index in [0.29, 0.717) is 5.92 Å². The summed E-state index contributed by atoms with van der Waals surface area (Å²) in [6.07, 6.45) is 3.39. The second-order valence-electron chi connectivity index (χ2n) is 2.95. The lowest BCUT2D eigenvalue weighted by atomic mass is 9.88. The second-order valence-corrected chi connectivity index (χ2v) is 4.72. The second kappa shape index (κ2) is 3.19. The normalized spacial score (nSPS) is 45.0. The van der Waals surface area contributed by atoms with Crippen molar-refractivity contribution in [1.82, 2.24) is 0 Å². The minimum atomic E-state index is -0.0176. The molecule has 3 unspecified atom stereocenters. The lowest BCUT2D eigenvalue weighted by Gasteiger charge is -2.27. The number of aliphatic hydroxyl groups is 1. The third-order valence-electron chi connectivity index (χ3n) is 2.06. The zero-order valence-corrected chi connectivity index (χ0v) is 7.84. The predicted octanol–water partition coefficient (Wildman–Crippen LogP) is 1.97. The van der Waals surface area contributed by atoms with E-state index in [2.05, 4.69) is 29.5 Å². The highest BCUT2D eigenvalue weighted by Gasteiger charge is 2.23. The van der Waals surface area contributed by atoms with Gasteiger partial charge >= 0.3 is 0 Å². The summed E-state index contributed by atoms with van der Waals surface area (Å²) in [4.78, 5) is 0. The van der Waals surface area contributed by atoms with Gasteiger partial charge < -0.3 is 5.11 Å². The van der Waals surface area contributed by atoms with Gasteiger partial charge in [-0.3, -0.25) is 0 Å². The van der Waals surface area contributed by atoms with Crippen LogP contribution in [0.15, 0.2) is 0 Å². The standard InChI is InChI=1S/C7H13IO/c1-5-4-6(8)2-3-7(5)9/h5-7,9H,2-4H2,1H3. The Morgan fingerprint density at radius 2 is 2.11 bits per heavy atom. The monoisotopic (exact) mass is 240 g/mol. The van der Waals surface area contributed by atoms with Gasteiger partial charge in [0.2, 0.25) is 0 Å². The summed E-state index contributed by atoms with van der Waals surface area (Å²) < 4.78 is 0.806. The first kappa shape index (κ1) is 7.79. The zero-order chi connectivity index (χ0) is 6.85. The third-order valence-corrected chi connectivity index (χ3v) is 3.19. The van der Waals surface area contributed by atoms with Crippen molar-refractivity contribution in [2.24, 2.45) is 5.92 Å². The molecule has 3 atom stereocenters. The fourth-order valence-corrected chi connectivity index (χ4v) is 2.48. The van der Waals surface area contributed by atoms with Crippen LogP contribution >= 0.6 is 22.6 Å². The molecule has 0 aromatic carbocycles. The van der Waals surface area contributed by atoms with Crippen molar-refractivity contribution in [3.63, 3.8) is 0 Å². The summed E-state index contributed by atoms with van der Waals surface area (Å²) >= 11 is 2.47. The Morgan fingerprint density at radius 3 is 2.56 bits per heavy atom. The molecule has 0 saturated heterocycles. The average Bonchev–Trinajstić information content (AvgIpc) is 1.80. The van der Waals surface area contributed by atoms with Crippen LogP contribution in [-0.2, 0) is 0 Å². The van der Waals surface area contributed by atoms with E-state index in [0.717, 1.165) is 10.3 Å². The highest BCUT2D eigenvalue weighted by molar-refractivity contribution is 14.1. The zero-order valence-electron chi connectivity index (χ0n) is 5.68. The highest BCUT2D eigenvalue weighted by Crippen LogP contribution is 2.28. The summed E-state index contributed by atoms with van der Waals surface area (Å²) in [6.45, 7) is 2.13.